The largest absolute Gasteiger partial charge is 0.382 e. The van der Waals surface area contributed by atoms with Crippen LogP contribution in [0, 0.1) is 22.0 Å². The van der Waals surface area contributed by atoms with Gasteiger partial charge in [-0.15, -0.1) is 6.58 Å². The van der Waals surface area contributed by atoms with Crippen LogP contribution >= 0.6 is 0 Å². The van der Waals surface area contributed by atoms with E-state index in [2.05, 4.69) is 16.9 Å². The minimum absolute atomic E-state index is 0.0236. The fourth-order valence-corrected chi connectivity index (χ4v) is 6.12. The number of para-hydroxylation sites is 1. The lowest BCUT2D eigenvalue weighted by atomic mass is 9.71. The molecule has 0 radical (unpaired) electrons. The molecule has 8 nitrogen and oxygen atoms in total. The molecule has 1 aromatic heterocycles. The van der Waals surface area contributed by atoms with Crippen LogP contribution in [-0.4, -0.2) is 51.1 Å². The van der Waals surface area contributed by atoms with E-state index in [4.69, 9.17) is 0 Å². The predicted molar refractivity (Wildman–Crippen MR) is 133 cm³/mol. The monoisotopic (exact) mass is 473 g/mol. The van der Waals surface area contributed by atoms with Gasteiger partial charge in [-0.1, -0.05) is 24.3 Å². The van der Waals surface area contributed by atoms with Crippen molar-refractivity contribution in [3.63, 3.8) is 0 Å². The summed E-state index contributed by atoms with van der Waals surface area (Å²) in [6, 6.07) is 15.4. The molecule has 3 aliphatic rings. The summed E-state index contributed by atoms with van der Waals surface area (Å²) >= 11 is 0. The number of aromatic nitrogens is 1. The van der Waals surface area contributed by atoms with E-state index >= 15 is 0 Å². The Kier molecular flexibility index (Phi) is 6.08. The highest BCUT2D eigenvalue weighted by atomic mass is 16.6. The van der Waals surface area contributed by atoms with Crippen LogP contribution in [0.15, 0.2) is 73.4 Å². The molecule has 2 aromatic carbocycles. The second-order valence-electron chi connectivity index (χ2n) is 9.75. The molecule has 3 aromatic rings. The molecule has 3 saturated heterocycles. The lowest BCUT2D eigenvalue weighted by Crippen LogP contribution is -2.69. The normalized spacial score (nSPS) is 26.3. The van der Waals surface area contributed by atoms with Crippen molar-refractivity contribution >= 4 is 28.2 Å². The Hall–Kier alpha value is -3.62. The Labute approximate surface area is 203 Å². The zero-order valence-electron chi connectivity index (χ0n) is 19.4. The molecule has 5 atom stereocenters. The van der Waals surface area contributed by atoms with E-state index in [0.29, 0.717) is 22.0 Å². The topological polar surface area (TPSA) is 105 Å². The summed E-state index contributed by atoms with van der Waals surface area (Å²) in [4.78, 5) is 28.1. The molecule has 2 N–H and O–H groups in total. The van der Waals surface area contributed by atoms with E-state index in [-0.39, 0.29) is 24.2 Å². The number of nitro benzene ring substituents is 1. The molecule has 8 heteroatoms. The molecule has 35 heavy (non-hydrogen) atoms. The summed E-state index contributed by atoms with van der Waals surface area (Å²) in [5, 5.41) is 26.5. The van der Waals surface area contributed by atoms with Gasteiger partial charge in [0.1, 0.15) is 12.1 Å². The van der Waals surface area contributed by atoms with Gasteiger partial charge in [-0.05, 0) is 35.7 Å². The number of pyridine rings is 1. The van der Waals surface area contributed by atoms with Gasteiger partial charge in [-0.25, -0.2) is 0 Å². The zero-order chi connectivity index (χ0) is 24.6. The number of anilines is 1. The van der Waals surface area contributed by atoms with Gasteiger partial charge in [0.05, 0.1) is 23.5 Å². The lowest BCUT2D eigenvalue weighted by Gasteiger charge is -2.57. The molecule has 0 saturated carbocycles. The number of fused-ring (bicyclic) bond motifs is 4. The number of amides is 1. The second-order valence-corrected chi connectivity index (χ2v) is 9.75. The van der Waals surface area contributed by atoms with Crippen LogP contribution in [0.4, 0.5) is 11.4 Å². The number of hydrogen-bond donors (Lipinski definition) is 2. The maximum absolute atomic E-state index is 13.2. The Morgan fingerprint density at radius 3 is 2.77 bits per heavy atom. The van der Waals surface area contributed by atoms with Gasteiger partial charge in [0.25, 0.3) is 11.6 Å². The molecular weight excluding hydrogens is 444 g/mol. The molecule has 180 valence electrons. The molecule has 3 fully saturated rings. The number of benzene rings is 2. The van der Waals surface area contributed by atoms with Crippen LogP contribution in [0.25, 0.3) is 10.9 Å². The zero-order valence-corrected chi connectivity index (χ0v) is 19.4. The van der Waals surface area contributed by atoms with Crippen molar-refractivity contribution < 1.29 is 19.3 Å². The number of carbonyl (C=O) groups excluding carboxylic acids is 1. The first kappa shape index (κ1) is 23.1. The number of nitrogens with zero attached hydrogens (tertiary/aromatic N) is 3. The highest BCUT2D eigenvalue weighted by molar-refractivity contribution is 5.91. The van der Waals surface area contributed by atoms with Crippen LogP contribution in [0.3, 0.4) is 0 Å². The van der Waals surface area contributed by atoms with Gasteiger partial charge in [-0.2, -0.15) is 0 Å². The van der Waals surface area contributed by atoms with E-state index < -0.39 is 11.0 Å². The van der Waals surface area contributed by atoms with Gasteiger partial charge in [0.2, 0.25) is 0 Å². The van der Waals surface area contributed by atoms with E-state index in [0.717, 1.165) is 42.4 Å². The minimum atomic E-state index is -0.733. The Balaban J connectivity index is 1.43. The maximum Gasteiger partial charge on any atom is 0.279 e. The van der Waals surface area contributed by atoms with E-state index in [1.165, 1.54) is 12.1 Å². The number of hydrogen-bond acceptors (Lipinski definition) is 5. The van der Waals surface area contributed by atoms with Crippen LogP contribution in [0.5, 0.6) is 0 Å². The number of aliphatic hydroxyl groups is 1. The third-order valence-corrected chi connectivity index (χ3v) is 7.86. The van der Waals surface area contributed by atoms with Gasteiger partial charge in [0.15, 0.2) is 6.54 Å². The van der Waals surface area contributed by atoms with Crippen molar-refractivity contribution in [2.24, 2.45) is 11.8 Å². The average molecular weight is 474 g/mol. The number of non-ortho nitro benzene ring substituents is 1. The van der Waals surface area contributed by atoms with Crippen LogP contribution in [0.2, 0.25) is 0 Å². The molecule has 3 aliphatic heterocycles. The highest BCUT2D eigenvalue weighted by Gasteiger charge is 2.54. The molecular formula is C27H29N4O4+. The predicted octanol–water partition coefficient (Wildman–Crippen LogP) is 4.23. The van der Waals surface area contributed by atoms with Gasteiger partial charge < -0.3 is 14.9 Å². The third kappa shape index (κ3) is 4.31. The first-order valence-electron chi connectivity index (χ1n) is 11.9. The molecule has 6 rings (SSSR count). The van der Waals surface area contributed by atoms with Gasteiger partial charge >= 0.3 is 0 Å². The summed E-state index contributed by atoms with van der Waals surface area (Å²) < 4.78 is 0.490. The number of nitro groups is 1. The molecule has 0 aliphatic carbocycles. The van der Waals surface area contributed by atoms with Crippen molar-refractivity contribution in [3.05, 3.63) is 89.1 Å². The minimum Gasteiger partial charge on any atom is -0.382 e. The van der Waals surface area contributed by atoms with Gasteiger partial charge in [0, 0.05) is 48.2 Å². The summed E-state index contributed by atoms with van der Waals surface area (Å²) in [5.41, 5.74) is 2.18. The summed E-state index contributed by atoms with van der Waals surface area (Å²) in [5.74, 6) is 0.574. The Morgan fingerprint density at radius 1 is 1.26 bits per heavy atom. The maximum atomic E-state index is 13.2. The fourth-order valence-electron chi connectivity index (χ4n) is 6.12. The van der Waals surface area contributed by atoms with Crippen molar-refractivity contribution in [3.8, 4) is 0 Å². The second kappa shape index (κ2) is 9.20. The number of rotatable bonds is 7. The van der Waals surface area contributed by atoms with E-state index in [1.54, 1.807) is 18.3 Å². The summed E-state index contributed by atoms with van der Waals surface area (Å²) in [6.07, 6.45) is 4.80. The summed E-state index contributed by atoms with van der Waals surface area (Å²) in [7, 11) is 0. The standard InChI is InChI=1S/C27H28N4O4/c1-2-18-16-31(17-26(32)29-20-7-9-21(10-8-20)30(34)35)14-12-19(18)15-25(31)27(33)23-11-13-28-24-6-4-3-5-22(23)24/h2-11,13,18-19,25,27,33H,1,12,14-17H2/p+1/t18?,19?,25?,27?,31-/m0/s1. The fraction of sp³-hybridized carbons (Fsp3) is 0.333. The van der Waals surface area contributed by atoms with E-state index in [1.807, 2.05) is 36.4 Å². The summed E-state index contributed by atoms with van der Waals surface area (Å²) in [6.45, 7) is 5.83. The molecule has 1 amide bonds. The van der Waals surface area contributed by atoms with Crippen LogP contribution in [-0.2, 0) is 4.79 Å². The smallest absolute Gasteiger partial charge is 0.279 e. The Bertz CT molecular complexity index is 1270. The first-order chi connectivity index (χ1) is 16.9. The van der Waals surface area contributed by atoms with Crippen molar-refractivity contribution in [1.82, 2.24) is 4.98 Å². The van der Waals surface area contributed by atoms with Crippen molar-refractivity contribution in [1.29, 1.82) is 0 Å². The quantitative estimate of drug-likeness (QED) is 0.231. The van der Waals surface area contributed by atoms with Crippen molar-refractivity contribution in [2.75, 3.05) is 25.0 Å². The molecule has 2 bridgehead atoms. The average Bonchev–Trinajstić information content (AvgIpc) is 2.88. The SMILES string of the molecule is C=CC1C[N@+]2(CC(=O)Nc3ccc([N+](=O)[O-])cc3)CCC1CC2C(O)c1ccnc2ccccc12. The first-order valence-corrected chi connectivity index (χ1v) is 11.9. The molecule has 0 spiro atoms. The number of quaternary nitrogens is 1. The number of aliphatic hydroxyl groups excluding tert-OH is 1. The van der Waals surface area contributed by atoms with Gasteiger partial charge in [-0.3, -0.25) is 19.9 Å². The van der Waals surface area contributed by atoms with Crippen molar-refractivity contribution in [2.45, 2.75) is 25.0 Å². The van der Waals surface area contributed by atoms with Crippen LogP contribution in [0.1, 0.15) is 24.5 Å². The third-order valence-electron chi connectivity index (χ3n) is 7.86. The van der Waals surface area contributed by atoms with Crippen LogP contribution < -0.4 is 5.32 Å². The molecule has 4 unspecified atom stereocenters. The number of nitrogens with one attached hydrogen (secondary N) is 1. The molecule has 4 heterocycles. The number of piperidine rings is 3. The Morgan fingerprint density at radius 2 is 2.03 bits per heavy atom. The lowest BCUT2D eigenvalue weighted by molar-refractivity contribution is -0.966. The van der Waals surface area contributed by atoms with E-state index in [9.17, 15) is 20.0 Å². The number of carbonyl (C=O) groups is 1. The highest BCUT2D eigenvalue weighted by Crippen LogP contribution is 2.47.